The zero-order valence-corrected chi connectivity index (χ0v) is 20.4. The fourth-order valence-corrected chi connectivity index (χ4v) is 5.64. The molecule has 1 saturated heterocycles. The molecule has 3 aliphatic rings. The number of nitriles is 1. The number of likely N-dealkylation sites (N-methyl/N-ethyl adjacent to an activating group) is 1. The Labute approximate surface area is 196 Å². The summed E-state index contributed by atoms with van der Waals surface area (Å²) in [4.78, 5) is 35.0. The summed E-state index contributed by atoms with van der Waals surface area (Å²) in [5.41, 5.74) is 1.24. The number of amides is 2. The highest BCUT2D eigenvalue weighted by Gasteiger charge is 2.44. The van der Waals surface area contributed by atoms with E-state index in [1.165, 1.54) is 11.8 Å². The van der Waals surface area contributed by atoms with Gasteiger partial charge in [-0.2, -0.15) is 5.26 Å². The van der Waals surface area contributed by atoms with E-state index in [1.54, 1.807) is 12.2 Å². The molecule has 0 spiro atoms. The van der Waals surface area contributed by atoms with Crippen molar-refractivity contribution >= 4 is 23.6 Å². The van der Waals surface area contributed by atoms with E-state index in [4.69, 9.17) is 0 Å². The van der Waals surface area contributed by atoms with Crippen molar-refractivity contribution in [3.05, 3.63) is 34.9 Å². The number of rotatable bonds is 7. The second-order valence-corrected chi connectivity index (χ2v) is 9.73. The molecular weight excluding hydrogens is 422 g/mol. The van der Waals surface area contributed by atoms with Crippen molar-refractivity contribution in [1.82, 2.24) is 19.6 Å². The fourth-order valence-electron chi connectivity index (χ4n) is 5.11. The minimum atomic E-state index is -0.121. The first kappa shape index (κ1) is 24.4. The Morgan fingerprint density at radius 2 is 1.94 bits per heavy atom. The fraction of sp³-hybridized carbons (Fsp3) is 0.625. The quantitative estimate of drug-likeness (QED) is 0.432. The third-order valence-electron chi connectivity index (χ3n) is 6.72. The third-order valence-corrected chi connectivity index (χ3v) is 7.47. The van der Waals surface area contributed by atoms with Crippen molar-refractivity contribution in [3.8, 4) is 6.07 Å². The van der Waals surface area contributed by atoms with Gasteiger partial charge in [0.1, 0.15) is 11.6 Å². The van der Waals surface area contributed by atoms with Crippen LogP contribution in [0.5, 0.6) is 0 Å². The van der Waals surface area contributed by atoms with E-state index in [2.05, 4.69) is 22.4 Å². The molecule has 2 amide bonds. The van der Waals surface area contributed by atoms with Gasteiger partial charge in [0.2, 0.25) is 0 Å². The van der Waals surface area contributed by atoms with Crippen molar-refractivity contribution < 1.29 is 9.59 Å². The average molecular weight is 458 g/mol. The largest absolute Gasteiger partial charge is 0.370 e. The Balaban J connectivity index is 1.82. The van der Waals surface area contributed by atoms with Crippen LogP contribution in [0.3, 0.4) is 0 Å². The maximum absolute atomic E-state index is 13.4. The van der Waals surface area contributed by atoms with Gasteiger partial charge in [0.15, 0.2) is 0 Å². The monoisotopic (exact) mass is 457 g/mol. The molecule has 3 rings (SSSR count). The number of nitrogens with zero attached hydrogens (tertiary/aromatic N) is 5. The summed E-state index contributed by atoms with van der Waals surface area (Å²) < 4.78 is 0. The molecule has 1 saturated carbocycles. The van der Waals surface area contributed by atoms with E-state index >= 15 is 0 Å². The van der Waals surface area contributed by atoms with E-state index in [-0.39, 0.29) is 23.8 Å². The second kappa shape index (κ2) is 11.1. The van der Waals surface area contributed by atoms with Crippen LogP contribution in [0.25, 0.3) is 0 Å². The molecule has 2 aliphatic heterocycles. The molecule has 2 fully saturated rings. The number of fused-ring (bicyclic) bond motifs is 1. The van der Waals surface area contributed by atoms with Crippen LogP contribution in [0.2, 0.25) is 0 Å². The molecule has 2 unspecified atom stereocenters. The molecule has 0 radical (unpaired) electrons. The lowest BCUT2D eigenvalue weighted by Gasteiger charge is -2.49. The molecule has 0 N–H and O–H groups in total. The Bertz CT molecular complexity index is 836. The summed E-state index contributed by atoms with van der Waals surface area (Å²) in [5, 5.41) is 9.98. The smallest absolute Gasteiger partial charge is 0.266 e. The molecule has 2 heterocycles. The first-order valence-corrected chi connectivity index (χ1v) is 12.7. The van der Waals surface area contributed by atoms with Gasteiger partial charge in [-0.3, -0.25) is 9.59 Å². The molecule has 0 aromatic carbocycles. The number of hydrogen-bond donors (Lipinski definition) is 0. The Morgan fingerprint density at radius 3 is 2.53 bits per heavy atom. The normalized spacial score (nSPS) is 24.5. The lowest BCUT2D eigenvalue weighted by molar-refractivity contribution is -0.133. The molecule has 0 aromatic heterocycles. The van der Waals surface area contributed by atoms with Crippen molar-refractivity contribution in [1.29, 1.82) is 5.26 Å². The van der Waals surface area contributed by atoms with Crippen LogP contribution < -0.4 is 0 Å². The average Bonchev–Trinajstić information content (AvgIpc) is 2.80. The summed E-state index contributed by atoms with van der Waals surface area (Å²) in [5.74, 6) is 0.115. The van der Waals surface area contributed by atoms with Crippen molar-refractivity contribution in [2.24, 2.45) is 5.92 Å². The number of thioether (sulfide) groups is 1. The number of hydrogen-bond acceptors (Lipinski definition) is 6. The van der Waals surface area contributed by atoms with Gasteiger partial charge in [0.05, 0.1) is 4.91 Å². The molecule has 8 heteroatoms. The highest BCUT2D eigenvalue weighted by atomic mass is 32.2. The van der Waals surface area contributed by atoms with Crippen LogP contribution in [-0.4, -0.2) is 97.1 Å². The molecule has 2 atom stereocenters. The van der Waals surface area contributed by atoms with Gasteiger partial charge in [-0.15, -0.1) is 11.8 Å². The minimum absolute atomic E-state index is 0.0247. The lowest BCUT2D eigenvalue weighted by Crippen LogP contribution is -2.57. The van der Waals surface area contributed by atoms with E-state index in [1.807, 2.05) is 30.2 Å². The summed E-state index contributed by atoms with van der Waals surface area (Å²) in [7, 11) is 4.01. The molecule has 0 bridgehead atoms. The van der Waals surface area contributed by atoms with Crippen LogP contribution >= 0.6 is 11.8 Å². The first-order chi connectivity index (χ1) is 15.4. The van der Waals surface area contributed by atoms with Gasteiger partial charge in [-0.05, 0) is 39.3 Å². The standard InChI is InChI=1S/C24H35N5O2S/c1-5-8-21(32-4)24(31)28-14-12-27(13-15-28)22-18-9-6-7-10-20(18)29(16-11-26(2)3)23(30)19(22)17-25/h5,8,18,20H,1,6-7,9-16H2,2-4H3/b21-8-. The maximum atomic E-state index is 13.4. The Kier molecular flexibility index (Phi) is 8.44. The number of carbonyl (C=O) groups excluding carboxylic acids is 2. The lowest BCUT2D eigenvalue weighted by atomic mass is 9.76. The van der Waals surface area contributed by atoms with Gasteiger partial charge < -0.3 is 19.6 Å². The minimum Gasteiger partial charge on any atom is -0.370 e. The SMILES string of the molecule is C=C/C=C(\SC)C(=O)N1CCN(C2=C(C#N)C(=O)N(CCN(C)C)C3CCCCC23)CC1. The molecule has 32 heavy (non-hydrogen) atoms. The van der Waals surface area contributed by atoms with Crippen LogP contribution in [0.15, 0.2) is 34.9 Å². The summed E-state index contributed by atoms with van der Waals surface area (Å²) in [6.07, 6.45) is 9.54. The van der Waals surface area contributed by atoms with E-state index in [0.717, 1.165) is 37.9 Å². The highest BCUT2D eigenvalue weighted by Crippen LogP contribution is 2.41. The zero-order chi connectivity index (χ0) is 23.3. The van der Waals surface area contributed by atoms with Gasteiger partial charge in [0.25, 0.3) is 11.8 Å². The van der Waals surface area contributed by atoms with Gasteiger partial charge in [-0.25, -0.2) is 0 Å². The Morgan fingerprint density at radius 1 is 1.25 bits per heavy atom. The van der Waals surface area contributed by atoms with Crippen LogP contribution in [0, 0.1) is 17.2 Å². The van der Waals surface area contributed by atoms with Gasteiger partial charge in [-0.1, -0.05) is 25.5 Å². The van der Waals surface area contributed by atoms with Crippen LogP contribution in [0.1, 0.15) is 25.7 Å². The first-order valence-electron chi connectivity index (χ1n) is 11.4. The highest BCUT2D eigenvalue weighted by molar-refractivity contribution is 8.03. The van der Waals surface area contributed by atoms with E-state index in [9.17, 15) is 14.9 Å². The predicted octanol–water partition coefficient (Wildman–Crippen LogP) is 2.30. The molecular formula is C24H35N5O2S. The predicted molar refractivity (Wildman–Crippen MR) is 129 cm³/mol. The summed E-state index contributed by atoms with van der Waals surface area (Å²) >= 11 is 1.43. The van der Waals surface area contributed by atoms with Crippen LogP contribution in [0.4, 0.5) is 0 Å². The maximum Gasteiger partial charge on any atom is 0.266 e. The summed E-state index contributed by atoms with van der Waals surface area (Å²) in [6, 6.07) is 2.43. The third kappa shape index (κ3) is 5.05. The van der Waals surface area contributed by atoms with Crippen molar-refractivity contribution in [3.63, 3.8) is 0 Å². The number of carbonyl (C=O) groups is 2. The summed E-state index contributed by atoms with van der Waals surface area (Å²) in [6.45, 7) is 7.62. The number of allylic oxidation sites excluding steroid dienone is 2. The van der Waals surface area contributed by atoms with Crippen molar-refractivity contribution in [2.75, 3.05) is 59.6 Å². The Hall–Kier alpha value is -2.24. The second-order valence-electron chi connectivity index (χ2n) is 8.88. The molecule has 1 aliphatic carbocycles. The topological polar surface area (TPSA) is 70.9 Å². The number of piperazine rings is 1. The molecule has 7 nitrogen and oxygen atoms in total. The zero-order valence-electron chi connectivity index (χ0n) is 19.5. The van der Waals surface area contributed by atoms with E-state index in [0.29, 0.717) is 43.2 Å². The van der Waals surface area contributed by atoms with Gasteiger partial charge >= 0.3 is 0 Å². The van der Waals surface area contributed by atoms with Gasteiger partial charge in [0, 0.05) is 56.9 Å². The van der Waals surface area contributed by atoms with Crippen molar-refractivity contribution in [2.45, 2.75) is 31.7 Å². The van der Waals surface area contributed by atoms with Crippen LogP contribution in [-0.2, 0) is 9.59 Å². The molecule has 174 valence electrons. The van der Waals surface area contributed by atoms with E-state index < -0.39 is 0 Å². The molecule has 0 aromatic rings.